The smallest absolute Gasteiger partial charge is 0.387 e. The molecule has 0 heterocycles. The van der Waals surface area contributed by atoms with Crippen molar-refractivity contribution in [1.82, 2.24) is 0 Å². The zero-order valence-electron chi connectivity index (χ0n) is 20.3. The SMILES string of the molecule is CCCCCCCc1ccc2c(F)c(-c3cc(F)c(-c4ccc(OC(F)F)c(F)c4)c(F)c3)ccc2c1. The molecule has 37 heavy (non-hydrogen) atoms. The maximum absolute atomic E-state index is 15.4. The van der Waals surface area contributed by atoms with Crippen LogP contribution in [0.15, 0.2) is 60.7 Å². The second kappa shape index (κ2) is 11.7. The first-order valence-electron chi connectivity index (χ1n) is 12.2. The monoisotopic (exact) mass is 516 g/mol. The average molecular weight is 517 g/mol. The maximum Gasteiger partial charge on any atom is 0.387 e. The van der Waals surface area contributed by atoms with Gasteiger partial charge in [0.2, 0.25) is 0 Å². The van der Waals surface area contributed by atoms with Gasteiger partial charge in [-0.3, -0.25) is 0 Å². The second-order valence-electron chi connectivity index (χ2n) is 8.99. The molecule has 194 valence electrons. The van der Waals surface area contributed by atoms with Crippen molar-refractivity contribution in [1.29, 1.82) is 0 Å². The standard InChI is InChI=1S/C30H26F6O/c1-2-3-4-5-6-7-18-8-11-22-19(14-18)9-12-23(29(22)34)21-16-25(32)28(26(33)17-21)20-10-13-27(24(31)15-20)37-30(35)36/h8-17,30H,2-7H2,1H3. The number of benzene rings is 4. The van der Waals surface area contributed by atoms with Crippen LogP contribution in [0.25, 0.3) is 33.0 Å². The molecule has 0 bridgehead atoms. The molecule has 0 fully saturated rings. The van der Waals surface area contributed by atoms with Crippen LogP contribution in [-0.4, -0.2) is 6.61 Å². The van der Waals surface area contributed by atoms with Crippen molar-refractivity contribution < 1.29 is 31.1 Å². The zero-order chi connectivity index (χ0) is 26.5. The Morgan fingerprint density at radius 3 is 2.08 bits per heavy atom. The molecule has 0 amide bonds. The van der Waals surface area contributed by atoms with Gasteiger partial charge in [-0.05, 0) is 59.2 Å². The van der Waals surface area contributed by atoms with Crippen LogP contribution < -0.4 is 4.74 Å². The Morgan fingerprint density at radius 2 is 1.41 bits per heavy atom. The number of unbranched alkanes of at least 4 members (excludes halogenated alkanes) is 4. The molecule has 0 atom stereocenters. The number of hydrogen-bond donors (Lipinski definition) is 0. The van der Waals surface area contributed by atoms with E-state index in [1.54, 1.807) is 12.1 Å². The minimum absolute atomic E-state index is 0.0173. The highest BCUT2D eigenvalue weighted by Crippen LogP contribution is 2.36. The lowest BCUT2D eigenvalue weighted by molar-refractivity contribution is -0.0521. The third-order valence-corrected chi connectivity index (χ3v) is 6.38. The zero-order valence-corrected chi connectivity index (χ0v) is 20.3. The molecule has 0 saturated carbocycles. The van der Waals surface area contributed by atoms with Crippen LogP contribution in [0.1, 0.15) is 44.6 Å². The van der Waals surface area contributed by atoms with Crippen molar-refractivity contribution in [2.45, 2.75) is 52.1 Å². The summed E-state index contributed by atoms with van der Waals surface area (Å²) >= 11 is 0. The molecule has 0 aliphatic rings. The molecule has 0 radical (unpaired) electrons. The van der Waals surface area contributed by atoms with E-state index < -0.39 is 41.2 Å². The van der Waals surface area contributed by atoms with Gasteiger partial charge in [0.05, 0.1) is 5.56 Å². The molecule has 0 saturated heterocycles. The summed E-state index contributed by atoms with van der Waals surface area (Å²) in [6, 6.07) is 13.3. The number of halogens is 6. The lowest BCUT2D eigenvalue weighted by Crippen LogP contribution is -2.04. The molecule has 4 aromatic rings. The lowest BCUT2D eigenvalue weighted by Gasteiger charge is -2.12. The molecule has 0 unspecified atom stereocenters. The highest BCUT2D eigenvalue weighted by molar-refractivity contribution is 5.89. The summed E-state index contributed by atoms with van der Waals surface area (Å²) in [7, 11) is 0. The number of ether oxygens (including phenoxy) is 1. The number of alkyl halides is 2. The Bertz CT molecular complexity index is 1380. The molecular formula is C30H26F6O. The van der Waals surface area contributed by atoms with E-state index >= 15 is 4.39 Å². The molecule has 0 aromatic heterocycles. The molecule has 4 aromatic carbocycles. The number of rotatable bonds is 10. The molecule has 0 N–H and O–H groups in total. The summed E-state index contributed by atoms with van der Waals surface area (Å²) in [6.07, 6.45) is 6.69. The van der Waals surface area contributed by atoms with Crippen molar-refractivity contribution >= 4 is 10.8 Å². The third-order valence-electron chi connectivity index (χ3n) is 6.38. The van der Waals surface area contributed by atoms with E-state index in [0.29, 0.717) is 16.8 Å². The quantitative estimate of drug-likeness (QED) is 0.151. The van der Waals surface area contributed by atoms with Gasteiger partial charge in [0.25, 0.3) is 0 Å². The second-order valence-corrected chi connectivity index (χ2v) is 8.99. The van der Waals surface area contributed by atoms with Gasteiger partial charge >= 0.3 is 6.61 Å². The summed E-state index contributed by atoms with van der Waals surface area (Å²) in [5.74, 6) is -4.63. The van der Waals surface area contributed by atoms with E-state index in [-0.39, 0.29) is 16.7 Å². The first kappa shape index (κ1) is 26.6. The van der Waals surface area contributed by atoms with Crippen molar-refractivity contribution in [3.63, 3.8) is 0 Å². The first-order valence-corrected chi connectivity index (χ1v) is 12.2. The largest absolute Gasteiger partial charge is 0.432 e. The predicted octanol–water partition coefficient (Wildman–Crippen LogP) is 9.84. The average Bonchev–Trinajstić information content (AvgIpc) is 2.85. The summed E-state index contributed by atoms with van der Waals surface area (Å²) in [5.41, 5.74) is 0.347. The van der Waals surface area contributed by atoms with Gasteiger partial charge < -0.3 is 4.74 Å². The highest BCUT2D eigenvalue weighted by Gasteiger charge is 2.19. The fraction of sp³-hybridized carbons (Fsp3) is 0.267. The summed E-state index contributed by atoms with van der Waals surface area (Å²) in [4.78, 5) is 0. The topological polar surface area (TPSA) is 9.23 Å². The fourth-order valence-electron chi connectivity index (χ4n) is 4.50. The van der Waals surface area contributed by atoms with Crippen molar-refractivity contribution in [3.8, 4) is 28.0 Å². The lowest BCUT2D eigenvalue weighted by atomic mass is 9.95. The summed E-state index contributed by atoms with van der Waals surface area (Å²) in [6.45, 7) is -1.08. The van der Waals surface area contributed by atoms with Gasteiger partial charge in [-0.15, -0.1) is 0 Å². The van der Waals surface area contributed by atoms with Crippen molar-refractivity contribution in [2.24, 2.45) is 0 Å². The van der Waals surface area contributed by atoms with Gasteiger partial charge in [-0.2, -0.15) is 8.78 Å². The van der Waals surface area contributed by atoms with Crippen LogP contribution in [0, 0.1) is 23.3 Å². The molecule has 0 aliphatic carbocycles. The Balaban J connectivity index is 1.61. The third kappa shape index (κ3) is 6.09. The van der Waals surface area contributed by atoms with E-state index in [9.17, 15) is 22.0 Å². The van der Waals surface area contributed by atoms with Gasteiger partial charge in [0.15, 0.2) is 11.6 Å². The van der Waals surface area contributed by atoms with E-state index in [0.717, 1.165) is 49.1 Å². The minimum atomic E-state index is -3.24. The van der Waals surface area contributed by atoms with Crippen molar-refractivity contribution in [2.75, 3.05) is 0 Å². The molecule has 4 rings (SSSR count). The van der Waals surface area contributed by atoms with Crippen LogP contribution >= 0.6 is 0 Å². The molecule has 1 nitrogen and oxygen atoms in total. The molecule has 0 aliphatic heterocycles. The predicted molar refractivity (Wildman–Crippen MR) is 134 cm³/mol. The number of fused-ring (bicyclic) bond motifs is 1. The van der Waals surface area contributed by atoms with Crippen LogP contribution in [0.4, 0.5) is 26.3 Å². The molecule has 7 heteroatoms. The fourth-order valence-corrected chi connectivity index (χ4v) is 4.50. The summed E-state index contributed by atoms with van der Waals surface area (Å²) in [5, 5.41) is 1.04. The van der Waals surface area contributed by atoms with E-state index in [1.807, 2.05) is 12.1 Å². The first-order chi connectivity index (χ1) is 17.8. The summed E-state index contributed by atoms with van der Waals surface area (Å²) < 4.78 is 88.2. The maximum atomic E-state index is 15.4. The highest BCUT2D eigenvalue weighted by atomic mass is 19.3. The van der Waals surface area contributed by atoms with Gasteiger partial charge in [0.1, 0.15) is 17.5 Å². The molecule has 0 spiro atoms. The Labute approximate surface area is 211 Å². The van der Waals surface area contributed by atoms with Gasteiger partial charge in [-0.25, -0.2) is 17.6 Å². The number of hydrogen-bond acceptors (Lipinski definition) is 1. The number of aryl methyl sites for hydroxylation is 1. The van der Waals surface area contributed by atoms with E-state index in [2.05, 4.69) is 11.7 Å². The Hall–Kier alpha value is -3.48. The normalized spacial score (nSPS) is 11.5. The van der Waals surface area contributed by atoms with Crippen LogP contribution in [0.3, 0.4) is 0 Å². The van der Waals surface area contributed by atoms with Crippen LogP contribution in [-0.2, 0) is 6.42 Å². The van der Waals surface area contributed by atoms with E-state index in [1.165, 1.54) is 25.3 Å². The van der Waals surface area contributed by atoms with Gasteiger partial charge in [0, 0.05) is 10.9 Å². The Kier molecular flexibility index (Phi) is 8.41. The van der Waals surface area contributed by atoms with Crippen molar-refractivity contribution in [3.05, 3.63) is 89.5 Å². The van der Waals surface area contributed by atoms with Crippen LogP contribution in [0.2, 0.25) is 0 Å². The Morgan fingerprint density at radius 1 is 0.703 bits per heavy atom. The molecular weight excluding hydrogens is 490 g/mol. The van der Waals surface area contributed by atoms with E-state index in [4.69, 9.17) is 0 Å². The van der Waals surface area contributed by atoms with Gasteiger partial charge in [-0.1, -0.05) is 69.0 Å². The van der Waals surface area contributed by atoms with Crippen LogP contribution in [0.5, 0.6) is 5.75 Å². The minimum Gasteiger partial charge on any atom is -0.432 e.